The third-order valence-corrected chi connectivity index (χ3v) is 4.59. The van der Waals surface area contributed by atoms with Gasteiger partial charge in [0.2, 0.25) is 11.8 Å². The molecule has 1 aromatic carbocycles. The number of nitrogens with one attached hydrogen (secondary N) is 1. The Morgan fingerprint density at radius 3 is 2.62 bits per heavy atom. The molecule has 0 aromatic heterocycles. The van der Waals surface area contributed by atoms with Gasteiger partial charge in [0, 0.05) is 17.2 Å². The molecule has 114 valence electrons. The van der Waals surface area contributed by atoms with E-state index in [1.54, 1.807) is 23.6 Å². The van der Waals surface area contributed by atoms with Crippen molar-refractivity contribution in [3.05, 3.63) is 30.3 Å². The molecule has 0 aliphatic carbocycles. The predicted molar refractivity (Wildman–Crippen MR) is 85.2 cm³/mol. The van der Waals surface area contributed by atoms with Gasteiger partial charge in [-0.3, -0.25) is 9.59 Å². The van der Waals surface area contributed by atoms with E-state index in [4.69, 9.17) is 0 Å². The number of amides is 2. The number of thioether (sulfide) groups is 1. The van der Waals surface area contributed by atoms with Crippen LogP contribution in [-0.2, 0) is 9.59 Å². The molecule has 1 aliphatic heterocycles. The summed E-state index contributed by atoms with van der Waals surface area (Å²) in [7, 11) is 0. The molecule has 0 spiro atoms. The van der Waals surface area contributed by atoms with Crippen LogP contribution >= 0.6 is 11.8 Å². The molecule has 1 aliphatic rings. The Hall–Kier alpha value is -1.49. The zero-order valence-corrected chi connectivity index (χ0v) is 13.4. The van der Waals surface area contributed by atoms with Crippen LogP contribution in [0, 0.1) is 0 Å². The third-order valence-electron chi connectivity index (χ3n) is 3.60. The predicted octanol–water partition coefficient (Wildman–Crippen LogP) is 2.29. The molecule has 2 atom stereocenters. The molecule has 1 heterocycles. The minimum atomic E-state index is -0.410. The fourth-order valence-electron chi connectivity index (χ4n) is 2.52. The SMILES string of the molecule is CCCC1C(=O)NC(C)C(=O)N1CCSc1ccccc1. The average Bonchev–Trinajstić information content (AvgIpc) is 2.49. The maximum atomic E-state index is 12.3. The van der Waals surface area contributed by atoms with E-state index >= 15 is 0 Å². The van der Waals surface area contributed by atoms with Gasteiger partial charge < -0.3 is 10.2 Å². The molecule has 21 heavy (non-hydrogen) atoms. The summed E-state index contributed by atoms with van der Waals surface area (Å²) in [5, 5.41) is 2.77. The standard InChI is InChI=1S/C16H22N2O2S/c1-3-7-14-15(19)17-12(2)16(20)18(14)10-11-21-13-8-5-4-6-9-13/h4-6,8-9,12,14H,3,7,10-11H2,1-2H3,(H,17,19). The molecule has 5 heteroatoms. The van der Waals surface area contributed by atoms with Crippen LogP contribution in [0.25, 0.3) is 0 Å². The maximum absolute atomic E-state index is 12.3. The second-order valence-corrected chi connectivity index (χ2v) is 6.40. The van der Waals surface area contributed by atoms with Crippen LogP contribution in [0.15, 0.2) is 35.2 Å². The molecule has 0 bridgehead atoms. The highest BCUT2D eigenvalue weighted by atomic mass is 32.2. The summed E-state index contributed by atoms with van der Waals surface area (Å²) in [6.45, 7) is 4.40. The van der Waals surface area contributed by atoms with Crippen molar-refractivity contribution in [3.8, 4) is 0 Å². The highest BCUT2D eigenvalue weighted by Crippen LogP contribution is 2.20. The summed E-state index contributed by atoms with van der Waals surface area (Å²) in [6, 6.07) is 9.39. The van der Waals surface area contributed by atoms with Crippen molar-refractivity contribution in [2.45, 2.75) is 43.7 Å². The van der Waals surface area contributed by atoms with Crippen molar-refractivity contribution in [3.63, 3.8) is 0 Å². The van der Waals surface area contributed by atoms with Crippen LogP contribution in [0.5, 0.6) is 0 Å². The summed E-state index contributed by atoms with van der Waals surface area (Å²) in [6.07, 6.45) is 1.61. The molecule has 2 amide bonds. The molecule has 1 fully saturated rings. The highest BCUT2D eigenvalue weighted by molar-refractivity contribution is 7.99. The van der Waals surface area contributed by atoms with Gasteiger partial charge in [-0.15, -0.1) is 11.8 Å². The van der Waals surface area contributed by atoms with Crippen LogP contribution in [0.4, 0.5) is 0 Å². The second kappa shape index (κ2) is 7.50. The summed E-state index contributed by atoms with van der Waals surface area (Å²) < 4.78 is 0. The minimum absolute atomic E-state index is 0.0198. The molecular weight excluding hydrogens is 284 g/mol. The lowest BCUT2D eigenvalue weighted by Crippen LogP contribution is -2.62. The topological polar surface area (TPSA) is 49.4 Å². The lowest BCUT2D eigenvalue weighted by Gasteiger charge is -2.37. The minimum Gasteiger partial charge on any atom is -0.343 e. The Labute approximate surface area is 130 Å². The Bertz CT molecular complexity index is 492. The van der Waals surface area contributed by atoms with Crippen molar-refractivity contribution >= 4 is 23.6 Å². The van der Waals surface area contributed by atoms with E-state index in [-0.39, 0.29) is 17.9 Å². The summed E-state index contributed by atoms with van der Waals surface area (Å²) in [5.41, 5.74) is 0. The van der Waals surface area contributed by atoms with Gasteiger partial charge in [0.1, 0.15) is 12.1 Å². The van der Waals surface area contributed by atoms with Crippen LogP contribution < -0.4 is 5.32 Å². The largest absolute Gasteiger partial charge is 0.343 e. The number of nitrogens with zero attached hydrogens (tertiary/aromatic N) is 1. The van der Waals surface area contributed by atoms with Crippen molar-refractivity contribution < 1.29 is 9.59 Å². The molecule has 4 nitrogen and oxygen atoms in total. The van der Waals surface area contributed by atoms with E-state index in [1.807, 2.05) is 25.1 Å². The van der Waals surface area contributed by atoms with Crippen LogP contribution in [0.3, 0.4) is 0 Å². The fraction of sp³-hybridized carbons (Fsp3) is 0.500. The number of hydrogen-bond acceptors (Lipinski definition) is 3. The van der Waals surface area contributed by atoms with Crippen LogP contribution in [0.1, 0.15) is 26.7 Å². The van der Waals surface area contributed by atoms with Gasteiger partial charge in [0.15, 0.2) is 0 Å². The number of piperazine rings is 1. The Morgan fingerprint density at radius 1 is 1.24 bits per heavy atom. The smallest absolute Gasteiger partial charge is 0.245 e. The van der Waals surface area contributed by atoms with Gasteiger partial charge >= 0.3 is 0 Å². The number of rotatable bonds is 6. The Balaban J connectivity index is 1.96. The molecule has 0 radical (unpaired) electrons. The zero-order chi connectivity index (χ0) is 15.2. The van der Waals surface area contributed by atoms with E-state index in [9.17, 15) is 9.59 Å². The first kappa shape index (κ1) is 15.9. The molecular formula is C16H22N2O2S. The van der Waals surface area contributed by atoms with Gasteiger partial charge in [-0.25, -0.2) is 0 Å². The van der Waals surface area contributed by atoms with E-state index in [2.05, 4.69) is 17.4 Å². The fourth-order valence-corrected chi connectivity index (χ4v) is 3.39. The van der Waals surface area contributed by atoms with Crippen LogP contribution in [0.2, 0.25) is 0 Å². The summed E-state index contributed by atoms with van der Waals surface area (Å²) >= 11 is 1.71. The number of carbonyl (C=O) groups is 2. The van der Waals surface area contributed by atoms with E-state index < -0.39 is 6.04 Å². The van der Waals surface area contributed by atoms with Gasteiger partial charge in [-0.1, -0.05) is 31.5 Å². The number of hydrogen-bond donors (Lipinski definition) is 1. The van der Waals surface area contributed by atoms with Gasteiger partial charge in [0.05, 0.1) is 0 Å². The molecule has 0 saturated carbocycles. The molecule has 1 aromatic rings. The Kier molecular flexibility index (Phi) is 5.67. The first-order chi connectivity index (χ1) is 10.1. The molecule has 2 rings (SSSR count). The first-order valence-electron chi connectivity index (χ1n) is 7.42. The lowest BCUT2D eigenvalue weighted by molar-refractivity contribution is -0.148. The number of benzene rings is 1. The van der Waals surface area contributed by atoms with Crippen LogP contribution in [-0.4, -0.2) is 41.1 Å². The molecule has 1 saturated heterocycles. The van der Waals surface area contributed by atoms with Gasteiger partial charge in [-0.2, -0.15) is 0 Å². The number of carbonyl (C=O) groups excluding carboxylic acids is 2. The maximum Gasteiger partial charge on any atom is 0.245 e. The van der Waals surface area contributed by atoms with E-state index in [0.717, 1.165) is 18.6 Å². The van der Waals surface area contributed by atoms with Crippen molar-refractivity contribution in [2.24, 2.45) is 0 Å². The lowest BCUT2D eigenvalue weighted by atomic mass is 10.0. The van der Waals surface area contributed by atoms with Gasteiger partial charge in [-0.05, 0) is 25.5 Å². The van der Waals surface area contributed by atoms with Crippen molar-refractivity contribution in [1.82, 2.24) is 10.2 Å². The monoisotopic (exact) mass is 306 g/mol. The normalized spacial score (nSPS) is 22.3. The van der Waals surface area contributed by atoms with Crippen molar-refractivity contribution in [2.75, 3.05) is 12.3 Å². The van der Waals surface area contributed by atoms with E-state index in [0.29, 0.717) is 6.54 Å². The van der Waals surface area contributed by atoms with Crippen molar-refractivity contribution in [1.29, 1.82) is 0 Å². The molecule has 1 N–H and O–H groups in total. The zero-order valence-electron chi connectivity index (χ0n) is 12.5. The summed E-state index contributed by atoms with van der Waals surface area (Å²) in [5.74, 6) is 0.811. The third kappa shape index (κ3) is 4.00. The molecule has 2 unspecified atom stereocenters. The second-order valence-electron chi connectivity index (χ2n) is 5.23. The summed E-state index contributed by atoms with van der Waals surface area (Å²) in [4.78, 5) is 27.3. The Morgan fingerprint density at radius 2 is 1.95 bits per heavy atom. The van der Waals surface area contributed by atoms with E-state index in [1.165, 1.54) is 4.90 Å². The average molecular weight is 306 g/mol. The highest BCUT2D eigenvalue weighted by Gasteiger charge is 2.37. The quantitative estimate of drug-likeness (QED) is 0.820. The van der Waals surface area contributed by atoms with Gasteiger partial charge in [0.25, 0.3) is 0 Å². The first-order valence-corrected chi connectivity index (χ1v) is 8.40.